The molecule has 0 N–H and O–H groups in total. The van der Waals surface area contributed by atoms with Crippen molar-refractivity contribution in [3.8, 4) is 11.8 Å². The van der Waals surface area contributed by atoms with Gasteiger partial charge in [0.05, 0.1) is 0 Å². The van der Waals surface area contributed by atoms with E-state index in [9.17, 15) is 0 Å². The summed E-state index contributed by atoms with van der Waals surface area (Å²) in [5.74, 6) is 7.55. The molecule has 0 aliphatic heterocycles. The zero-order chi connectivity index (χ0) is 20.9. The molecule has 0 nitrogen and oxygen atoms in total. The van der Waals surface area contributed by atoms with Crippen molar-refractivity contribution in [2.75, 3.05) is 0 Å². The van der Waals surface area contributed by atoms with Gasteiger partial charge in [-0.2, -0.15) is 0 Å². The standard InChI is InChI=1S/C29H29F/c1-3-4-5-22-8-10-23(11-9-22)12-13-24-14-18-28-26(20-24)17-19-27(29(28)30)25-15-6-21(2)7-16-25/h3,8-11,14,17-21,25H,1,4-7,15-16H2,2H3. The maximum atomic E-state index is 15.2. The van der Waals surface area contributed by atoms with Gasteiger partial charge in [-0.05, 0) is 78.3 Å². The molecule has 0 aromatic heterocycles. The number of benzene rings is 3. The molecule has 152 valence electrons. The molecule has 3 aromatic carbocycles. The molecule has 0 bridgehead atoms. The lowest BCUT2D eigenvalue weighted by Gasteiger charge is -2.27. The maximum absolute atomic E-state index is 15.2. The topological polar surface area (TPSA) is 0 Å². The third-order valence-electron chi connectivity index (χ3n) is 6.38. The number of rotatable bonds is 4. The van der Waals surface area contributed by atoms with E-state index in [-0.39, 0.29) is 5.82 Å². The third-order valence-corrected chi connectivity index (χ3v) is 6.38. The van der Waals surface area contributed by atoms with Gasteiger partial charge in [-0.15, -0.1) is 6.58 Å². The van der Waals surface area contributed by atoms with Gasteiger partial charge >= 0.3 is 0 Å². The normalized spacial score (nSPS) is 18.6. The van der Waals surface area contributed by atoms with Crippen molar-refractivity contribution in [1.29, 1.82) is 0 Å². The quantitative estimate of drug-likeness (QED) is 0.312. The summed E-state index contributed by atoms with van der Waals surface area (Å²) in [5.41, 5.74) is 4.09. The first kappa shape index (κ1) is 20.4. The fraction of sp³-hybridized carbons (Fsp3) is 0.310. The maximum Gasteiger partial charge on any atom is 0.134 e. The lowest BCUT2D eigenvalue weighted by Crippen LogP contribution is -2.12. The summed E-state index contributed by atoms with van der Waals surface area (Å²) >= 11 is 0. The van der Waals surface area contributed by atoms with Crippen molar-refractivity contribution in [3.05, 3.63) is 95.3 Å². The molecule has 0 unspecified atom stereocenters. The molecule has 0 heterocycles. The highest BCUT2D eigenvalue weighted by atomic mass is 19.1. The van der Waals surface area contributed by atoms with E-state index in [1.807, 2.05) is 30.3 Å². The molecule has 1 heteroatoms. The Morgan fingerprint density at radius 1 is 0.933 bits per heavy atom. The number of aryl methyl sites for hydroxylation is 1. The van der Waals surface area contributed by atoms with E-state index in [1.165, 1.54) is 18.4 Å². The Kier molecular flexibility index (Phi) is 6.34. The summed E-state index contributed by atoms with van der Waals surface area (Å²) in [4.78, 5) is 0. The molecule has 0 atom stereocenters. The van der Waals surface area contributed by atoms with Crippen molar-refractivity contribution in [2.45, 2.75) is 51.4 Å². The molecule has 3 aromatic rings. The SMILES string of the molecule is C=CCCc1ccc(C#Cc2ccc3c(F)c(C4CCC(C)CC4)ccc3c2)cc1. The Hall–Kier alpha value is -2.85. The molecule has 0 spiro atoms. The second-order valence-electron chi connectivity index (χ2n) is 8.64. The summed E-state index contributed by atoms with van der Waals surface area (Å²) < 4.78 is 15.2. The second kappa shape index (κ2) is 9.31. The summed E-state index contributed by atoms with van der Waals surface area (Å²) in [6.45, 7) is 6.07. The van der Waals surface area contributed by atoms with E-state index in [1.54, 1.807) is 0 Å². The van der Waals surface area contributed by atoms with E-state index in [4.69, 9.17) is 0 Å². The van der Waals surface area contributed by atoms with Gasteiger partial charge < -0.3 is 0 Å². The number of allylic oxidation sites excluding steroid dienone is 1. The monoisotopic (exact) mass is 396 g/mol. The first-order valence-corrected chi connectivity index (χ1v) is 11.1. The lowest BCUT2D eigenvalue weighted by molar-refractivity contribution is 0.343. The van der Waals surface area contributed by atoms with Crippen LogP contribution in [0.1, 0.15) is 67.2 Å². The van der Waals surface area contributed by atoms with Gasteiger partial charge in [-0.3, -0.25) is 0 Å². The molecule has 30 heavy (non-hydrogen) atoms. The van der Waals surface area contributed by atoms with Crippen LogP contribution in [0.15, 0.2) is 67.3 Å². The summed E-state index contributed by atoms with van der Waals surface area (Å²) in [5, 5.41) is 1.63. The van der Waals surface area contributed by atoms with Crippen LogP contribution < -0.4 is 0 Å². The van der Waals surface area contributed by atoms with E-state index in [0.717, 1.165) is 53.7 Å². The molecular weight excluding hydrogens is 367 g/mol. The Labute approximate surface area is 179 Å². The largest absolute Gasteiger partial charge is 0.206 e. The van der Waals surface area contributed by atoms with Crippen molar-refractivity contribution in [2.24, 2.45) is 5.92 Å². The summed E-state index contributed by atoms with van der Waals surface area (Å²) in [6.07, 6.45) is 8.53. The fourth-order valence-electron chi connectivity index (χ4n) is 4.44. The minimum absolute atomic E-state index is 0.0401. The lowest BCUT2D eigenvalue weighted by atomic mass is 9.79. The molecule has 0 amide bonds. The van der Waals surface area contributed by atoms with E-state index >= 15 is 4.39 Å². The first-order valence-electron chi connectivity index (χ1n) is 11.1. The molecule has 1 aliphatic rings. The van der Waals surface area contributed by atoms with Crippen LogP contribution in [0.4, 0.5) is 4.39 Å². The molecular formula is C29H29F. The van der Waals surface area contributed by atoms with Crippen LogP contribution in [0.3, 0.4) is 0 Å². The highest BCUT2D eigenvalue weighted by Crippen LogP contribution is 2.38. The highest BCUT2D eigenvalue weighted by molar-refractivity contribution is 5.85. The predicted octanol–water partition coefficient (Wildman–Crippen LogP) is 7.79. The molecule has 0 radical (unpaired) electrons. The van der Waals surface area contributed by atoms with Crippen LogP contribution >= 0.6 is 0 Å². The van der Waals surface area contributed by atoms with Crippen molar-refractivity contribution >= 4 is 10.8 Å². The van der Waals surface area contributed by atoms with Crippen molar-refractivity contribution in [1.82, 2.24) is 0 Å². The average molecular weight is 397 g/mol. The summed E-state index contributed by atoms with van der Waals surface area (Å²) in [7, 11) is 0. The molecule has 1 aliphatic carbocycles. The zero-order valence-electron chi connectivity index (χ0n) is 17.8. The minimum atomic E-state index is -0.0401. The van der Waals surface area contributed by atoms with Crippen LogP contribution in [0.25, 0.3) is 10.8 Å². The van der Waals surface area contributed by atoms with Crippen LogP contribution in [0.2, 0.25) is 0 Å². The molecule has 0 saturated heterocycles. The number of hydrogen-bond donors (Lipinski definition) is 0. The van der Waals surface area contributed by atoms with Gasteiger partial charge in [-0.25, -0.2) is 4.39 Å². The predicted molar refractivity (Wildman–Crippen MR) is 125 cm³/mol. The van der Waals surface area contributed by atoms with Crippen LogP contribution in [0, 0.1) is 23.6 Å². The third kappa shape index (κ3) is 4.65. The van der Waals surface area contributed by atoms with Crippen LogP contribution in [0.5, 0.6) is 0 Å². The highest BCUT2D eigenvalue weighted by Gasteiger charge is 2.23. The molecule has 1 saturated carbocycles. The Balaban J connectivity index is 1.54. The number of fused-ring (bicyclic) bond motifs is 1. The molecule has 1 fully saturated rings. The van der Waals surface area contributed by atoms with Crippen LogP contribution in [-0.2, 0) is 6.42 Å². The summed E-state index contributed by atoms with van der Waals surface area (Å²) in [6, 6.07) is 18.2. The van der Waals surface area contributed by atoms with Crippen molar-refractivity contribution in [3.63, 3.8) is 0 Å². The minimum Gasteiger partial charge on any atom is -0.206 e. The average Bonchev–Trinajstić information content (AvgIpc) is 2.78. The van der Waals surface area contributed by atoms with Crippen LogP contribution in [-0.4, -0.2) is 0 Å². The van der Waals surface area contributed by atoms with Gasteiger partial charge in [0, 0.05) is 16.5 Å². The Morgan fingerprint density at radius 3 is 2.37 bits per heavy atom. The first-order chi connectivity index (χ1) is 14.6. The zero-order valence-corrected chi connectivity index (χ0v) is 17.8. The van der Waals surface area contributed by atoms with Gasteiger partial charge in [0.2, 0.25) is 0 Å². The Bertz CT molecular complexity index is 1090. The number of hydrogen-bond acceptors (Lipinski definition) is 0. The number of halogens is 1. The van der Waals surface area contributed by atoms with Gasteiger partial charge in [0.1, 0.15) is 5.82 Å². The van der Waals surface area contributed by atoms with E-state index in [2.05, 4.69) is 55.7 Å². The van der Waals surface area contributed by atoms with E-state index in [0.29, 0.717) is 11.3 Å². The van der Waals surface area contributed by atoms with Gasteiger partial charge in [0.25, 0.3) is 0 Å². The smallest absolute Gasteiger partial charge is 0.134 e. The second-order valence-corrected chi connectivity index (χ2v) is 8.64. The van der Waals surface area contributed by atoms with Gasteiger partial charge in [0.15, 0.2) is 0 Å². The van der Waals surface area contributed by atoms with Gasteiger partial charge in [-0.1, -0.05) is 68.0 Å². The Morgan fingerprint density at radius 2 is 1.63 bits per heavy atom. The van der Waals surface area contributed by atoms with Crippen molar-refractivity contribution < 1.29 is 4.39 Å². The van der Waals surface area contributed by atoms with E-state index < -0.39 is 0 Å². The molecule has 4 rings (SSSR count). The fourth-order valence-corrected chi connectivity index (χ4v) is 4.44.